The van der Waals surface area contributed by atoms with E-state index in [-0.39, 0.29) is 17.9 Å². The molecule has 1 aliphatic rings. The van der Waals surface area contributed by atoms with Gasteiger partial charge in [0.2, 0.25) is 0 Å². The number of methoxy groups -OCH3 is 1. The molecule has 1 unspecified atom stereocenters. The van der Waals surface area contributed by atoms with Crippen LogP contribution in [-0.4, -0.2) is 31.5 Å². The summed E-state index contributed by atoms with van der Waals surface area (Å²) in [5.74, 6) is 0.229. The van der Waals surface area contributed by atoms with Gasteiger partial charge in [-0.3, -0.25) is 0 Å². The molecule has 0 saturated heterocycles. The van der Waals surface area contributed by atoms with Crippen LogP contribution in [0.2, 0.25) is 0 Å². The summed E-state index contributed by atoms with van der Waals surface area (Å²) in [6, 6.07) is 10.5. The van der Waals surface area contributed by atoms with E-state index in [1.165, 1.54) is 11.1 Å². The Hall–Kier alpha value is -2.06. The first-order valence-corrected chi connectivity index (χ1v) is 8.79. The van der Waals surface area contributed by atoms with E-state index in [0.717, 1.165) is 12.8 Å². The van der Waals surface area contributed by atoms with Crippen molar-refractivity contribution in [2.75, 3.05) is 13.7 Å². The van der Waals surface area contributed by atoms with Crippen molar-refractivity contribution in [1.82, 2.24) is 5.32 Å². The van der Waals surface area contributed by atoms with Crippen molar-refractivity contribution in [3.8, 4) is 6.07 Å². The highest BCUT2D eigenvalue weighted by Gasteiger charge is 2.38. The van der Waals surface area contributed by atoms with Crippen LogP contribution in [0.4, 0.5) is 4.79 Å². The molecule has 1 aliphatic carbocycles. The molecule has 0 spiro atoms. The minimum absolute atomic E-state index is 0.0672. The molecule has 1 aromatic rings. The molecule has 0 saturated carbocycles. The predicted octanol–water partition coefficient (Wildman–Crippen LogP) is 3.79. The number of nitriles is 1. The maximum Gasteiger partial charge on any atom is 0.407 e. The lowest BCUT2D eigenvalue weighted by Crippen LogP contribution is -2.43. The highest BCUT2D eigenvalue weighted by Crippen LogP contribution is 2.41. The Kier molecular flexibility index (Phi) is 6.44. The molecule has 5 nitrogen and oxygen atoms in total. The Labute approximate surface area is 150 Å². The maximum atomic E-state index is 12.3. The third-order valence-corrected chi connectivity index (χ3v) is 4.54. The number of fused-ring (bicyclic) bond motifs is 1. The first kappa shape index (κ1) is 19.3. The highest BCUT2D eigenvalue weighted by atomic mass is 16.6. The van der Waals surface area contributed by atoms with E-state index < -0.39 is 11.7 Å². The summed E-state index contributed by atoms with van der Waals surface area (Å²) in [5, 5.41) is 12.3. The number of carbonyl (C=O) groups is 1. The minimum Gasteiger partial charge on any atom is -0.444 e. The van der Waals surface area contributed by atoms with Crippen LogP contribution < -0.4 is 5.32 Å². The van der Waals surface area contributed by atoms with Crippen LogP contribution in [0.25, 0.3) is 0 Å². The lowest BCUT2D eigenvalue weighted by atomic mass is 9.81. The second-order valence-electron chi connectivity index (χ2n) is 7.59. The predicted molar refractivity (Wildman–Crippen MR) is 96.3 cm³/mol. The molecule has 0 radical (unpaired) electrons. The van der Waals surface area contributed by atoms with E-state index in [1.807, 2.05) is 32.9 Å². The van der Waals surface area contributed by atoms with Gasteiger partial charge in [-0.25, -0.2) is 4.79 Å². The van der Waals surface area contributed by atoms with Crippen molar-refractivity contribution < 1.29 is 14.3 Å². The quantitative estimate of drug-likeness (QED) is 0.852. The minimum atomic E-state index is -0.535. The summed E-state index contributed by atoms with van der Waals surface area (Å²) in [6.45, 7) is 6.16. The van der Waals surface area contributed by atoms with Gasteiger partial charge in [-0.2, -0.15) is 5.26 Å². The summed E-state index contributed by atoms with van der Waals surface area (Å²) in [6.07, 6.45) is 1.58. The van der Waals surface area contributed by atoms with Gasteiger partial charge in [0.05, 0.1) is 6.07 Å². The largest absolute Gasteiger partial charge is 0.444 e. The number of carbonyl (C=O) groups excluding carboxylic acids is 1. The van der Waals surface area contributed by atoms with Gasteiger partial charge in [0, 0.05) is 32.1 Å². The molecule has 1 N–H and O–H groups in total. The molecule has 0 fully saturated rings. The SMILES string of the molecule is COCCC(CC#N)[C@@H]1c2ccccc2C[C@H]1NC(=O)OC(C)(C)C. The van der Waals surface area contributed by atoms with Crippen LogP contribution in [-0.2, 0) is 15.9 Å². The molecule has 1 aromatic carbocycles. The number of benzene rings is 1. The Balaban J connectivity index is 2.22. The zero-order chi connectivity index (χ0) is 18.4. The molecule has 0 bridgehead atoms. The molecule has 0 aromatic heterocycles. The topological polar surface area (TPSA) is 71.3 Å². The fourth-order valence-corrected chi connectivity index (χ4v) is 3.60. The molecule has 25 heavy (non-hydrogen) atoms. The number of hydrogen-bond acceptors (Lipinski definition) is 4. The van der Waals surface area contributed by atoms with Crippen LogP contribution in [0.5, 0.6) is 0 Å². The van der Waals surface area contributed by atoms with Gasteiger partial charge in [-0.1, -0.05) is 24.3 Å². The second-order valence-corrected chi connectivity index (χ2v) is 7.59. The van der Waals surface area contributed by atoms with Gasteiger partial charge >= 0.3 is 6.09 Å². The van der Waals surface area contributed by atoms with Crippen molar-refractivity contribution in [2.45, 2.75) is 57.6 Å². The van der Waals surface area contributed by atoms with Crippen molar-refractivity contribution in [3.05, 3.63) is 35.4 Å². The van der Waals surface area contributed by atoms with Crippen molar-refractivity contribution >= 4 is 6.09 Å². The summed E-state index contributed by atoms with van der Waals surface area (Å²) in [7, 11) is 1.67. The first-order valence-electron chi connectivity index (χ1n) is 8.79. The Morgan fingerprint density at radius 3 is 2.76 bits per heavy atom. The van der Waals surface area contributed by atoms with E-state index in [4.69, 9.17) is 9.47 Å². The number of rotatable bonds is 6. The third kappa shape index (κ3) is 5.20. The van der Waals surface area contributed by atoms with Crippen molar-refractivity contribution in [2.24, 2.45) is 5.92 Å². The van der Waals surface area contributed by atoms with Gasteiger partial charge < -0.3 is 14.8 Å². The fraction of sp³-hybridized carbons (Fsp3) is 0.600. The Morgan fingerprint density at radius 2 is 2.12 bits per heavy atom. The summed E-state index contributed by atoms with van der Waals surface area (Å²) < 4.78 is 10.7. The Morgan fingerprint density at radius 1 is 1.40 bits per heavy atom. The van der Waals surface area contributed by atoms with Gasteiger partial charge in [0.1, 0.15) is 5.60 Å². The van der Waals surface area contributed by atoms with Crippen molar-refractivity contribution in [1.29, 1.82) is 5.26 Å². The lowest BCUT2D eigenvalue weighted by molar-refractivity contribution is 0.0491. The summed E-state index contributed by atoms with van der Waals surface area (Å²) in [5.41, 5.74) is 1.92. The average molecular weight is 344 g/mol. The van der Waals surface area contributed by atoms with Gasteiger partial charge in [-0.15, -0.1) is 0 Å². The van der Waals surface area contributed by atoms with Crippen LogP contribution in [0.3, 0.4) is 0 Å². The van der Waals surface area contributed by atoms with Crippen LogP contribution in [0.1, 0.15) is 50.7 Å². The number of ether oxygens (including phenoxy) is 2. The number of amides is 1. The third-order valence-electron chi connectivity index (χ3n) is 4.54. The lowest BCUT2D eigenvalue weighted by Gasteiger charge is -2.29. The molecule has 3 atom stereocenters. The van der Waals surface area contributed by atoms with E-state index >= 15 is 0 Å². The summed E-state index contributed by atoms with van der Waals surface area (Å²) >= 11 is 0. The van der Waals surface area contributed by atoms with Crippen molar-refractivity contribution in [3.63, 3.8) is 0 Å². The second kappa shape index (κ2) is 8.35. The maximum absolute atomic E-state index is 12.3. The van der Waals surface area contributed by atoms with E-state index in [2.05, 4.69) is 23.5 Å². The normalized spacial score (nSPS) is 20.4. The Bertz CT molecular complexity index is 631. The molecule has 136 valence electrons. The average Bonchev–Trinajstić information content (AvgIpc) is 2.87. The number of alkyl carbamates (subject to hydrolysis) is 1. The van der Waals surface area contributed by atoms with E-state index in [1.54, 1.807) is 7.11 Å². The van der Waals surface area contributed by atoms with Gasteiger partial charge in [-0.05, 0) is 50.7 Å². The monoisotopic (exact) mass is 344 g/mol. The van der Waals surface area contributed by atoms with E-state index in [9.17, 15) is 10.1 Å². The molecule has 5 heteroatoms. The fourth-order valence-electron chi connectivity index (χ4n) is 3.60. The van der Waals surface area contributed by atoms with Gasteiger partial charge in [0.25, 0.3) is 0 Å². The first-order chi connectivity index (χ1) is 11.9. The van der Waals surface area contributed by atoms with Crippen LogP contribution >= 0.6 is 0 Å². The number of nitrogens with one attached hydrogen (secondary N) is 1. The molecule has 0 heterocycles. The number of nitrogens with zero attached hydrogens (tertiary/aromatic N) is 1. The van der Waals surface area contributed by atoms with Crippen LogP contribution in [0, 0.1) is 17.2 Å². The standard InChI is InChI=1S/C20H28N2O3/c1-20(2,3)25-19(23)22-17-13-15-7-5-6-8-16(15)18(17)14(9-11-21)10-12-24-4/h5-8,14,17-18H,9-10,12-13H2,1-4H3,(H,22,23)/t14?,17-,18-/m1/s1. The number of hydrogen-bond donors (Lipinski definition) is 1. The van der Waals surface area contributed by atoms with E-state index in [0.29, 0.717) is 13.0 Å². The molecule has 2 rings (SSSR count). The molecular formula is C20H28N2O3. The van der Waals surface area contributed by atoms with Crippen LogP contribution in [0.15, 0.2) is 24.3 Å². The zero-order valence-corrected chi connectivity index (χ0v) is 15.5. The molecule has 0 aliphatic heterocycles. The smallest absolute Gasteiger partial charge is 0.407 e. The zero-order valence-electron chi connectivity index (χ0n) is 15.5. The molecular weight excluding hydrogens is 316 g/mol. The molecule has 1 amide bonds. The highest BCUT2D eigenvalue weighted by molar-refractivity contribution is 5.68. The van der Waals surface area contributed by atoms with Gasteiger partial charge in [0.15, 0.2) is 0 Å². The summed E-state index contributed by atoms with van der Waals surface area (Å²) in [4.78, 5) is 12.3.